The number of benzene rings is 10. The van der Waals surface area contributed by atoms with Crippen LogP contribution in [0, 0.1) is 0 Å². The molecule has 13 rings (SSSR count). The Bertz CT molecular complexity index is 3530. The van der Waals surface area contributed by atoms with Crippen LogP contribution < -0.4 is 4.90 Å². The Morgan fingerprint density at radius 2 is 0.857 bits per heavy atom. The van der Waals surface area contributed by atoms with Crippen molar-refractivity contribution < 1.29 is 0 Å². The second-order valence-corrected chi connectivity index (χ2v) is 16.8. The number of para-hydroxylation sites is 3. The Morgan fingerprint density at radius 1 is 0.317 bits per heavy atom. The van der Waals surface area contributed by atoms with Gasteiger partial charge in [0.15, 0.2) is 0 Å². The third kappa shape index (κ3) is 5.13. The number of hydrogen-bond acceptors (Lipinski definition) is 1. The highest BCUT2D eigenvalue weighted by molar-refractivity contribution is 6.13. The Hall–Kier alpha value is -8.20. The molecule has 1 aromatic heterocycles. The van der Waals surface area contributed by atoms with E-state index in [4.69, 9.17) is 0 Å². The number of aromatic nitrogens is 1. The molecule has 0 bridgehead atoms. The lowest BCUT2D eigenvalue weighted by Gasteiger charge is -2.40. The molecule has 63 heavy (non-hydrogen) atoms. The van der Waals surface area contributed by atoms with Gasteiger partial charge in [-0.15, -0.1) is 0 Å². The minimum Gasteiger partial charge on any atom is -0.310 e. The monoisotopic (exact) mass is 800 g/mol. The fourth-order valence-electron chi connectivity index (χ4n) is 11.1. The molecule has 10 aromatic carbocycles. The summed E-state index contributed by atoms with van der Waals surface area (Å²) in [4.78, 5) is 2.49. The van der Waals surface area contributed by atoms with Crippen molar-refractivity contribution in [1.29, 1.82) is 0 Å². The Balaban J connectivity index is 1.14. The molecule has 1 spiro atoms. The van der Waals surface area contributed by atoms with Gasteiger partial charge in [-0.1, -0.05) is 200 Å². The molecular formula is C61H40N2. The summed E-state index contributed by atoms with van der Waals surface area (Å²) in [5, 5.41) is 2.55. The molecular weight excluding hydrogens is 761 g/mol. The van der Waals surface area contributed by atoms with Crippen LogP contribution in [0.1, 0.15) is 22.3 Å². The van der Waals surface area contributed by atoms with Crippen molar-refractivity contribution in [3.8, 4) is 50.2 Å². The molecule has 0 radical (unpaired) electrons. The Labute approximate surface area is 367 Å². The van der Waals surface area contributed by atoms with E-state index in [1.807, 2.05) is 0 Å². The molecule has 1 aliphatic heterocycles. The largest absolute Gasteiger partial charge is 0.310 e. The SMILES string of the molecule is c1ccc(-c2cccc(N(c3ccc4c(c3)C3(c5ccccc5-c5ccccc53)c3cccc5c6ccccc6n-4c35)c3ccccc3-c3ccccc3-c3ccccc3)c2)cc1. The number of hydrogen-bond donors (Lipinski definition) is 0. The van der Waals surface area contributed by atoms with Crippen molar-refractivity contribution in [2.75, 3.05) is 4.90 Å². The van der Waals surface area contributed by atoms with E-state index in [9.17, 15) is 0 Å². The first-order chi connectivity index (χ1) is 31.3. The van der Waals surface area contributed by atoms with Crippen LogP contribution in [0.2, 0.25) is 0 Å². The summed E-state index contributed by atoms with van der Waals surface area (Å²) in [7, 11) is 0. The van der Waals surface area contributed by atoms with E-state index in [-0.39, 0.29) is 0 Å². The van der Waals surface area contributed by atoms with Crippen molar-refractivity contribution in [3.63, 3.8) is 0 Å². The first kappa shape index (κ1) is 35.5. The first-order valence-corrected chi connectivity index (χ1v) is 21.9. The number of rotatable bonds is 6. The maximum Gasteiger partial charge on any atom is 0.0755 e. The zero-order chi connectivity index (χ0) is 41.5. The lowest BCUT2D eigenvalue weighted by molar-refractivity contribution is 0.748. The van der Waals surface area contributed by atoms with E-state index >= 15 is 0 Å². The number of nitrogens with zero attached hydrogens (tertiary/aromatic N) is 2. The molecule has 0 atom stereocenters. The van der Waals surface area contributed by atoms with Crippen LogP contribution in [-0.2, 0) is 5.41 Å². The summed E-state index contributed by atoms with van der Waals surface area (Å²) in [6.45, 7) is 0. The zero-order valence-electron chi connectivity index (χ0n) is 34.5. The van der Waals surface area contributed by atoms with Gasteiger partial charge < -0.3 is 9.47 Å². The van der Waals surface area contributed by atoms with Crippen LogP contribution in [0.4, 0.5) is 17.1 Å². The van der Waals surface area contributed by atoms with E-state index in [2.05, 4.69) is 252 Å². The van der Waals surface area contributed by atoms with Gasteiger partial charge in [0, 0.05) is 27.7 Å². The highest BCUT2D eigenvalue weighted by atomic mass is 15.1. The lowest BCUT2D eigenvalue weighted by Crippen LogP contribution is -2.33. The molecule has 2 nitrogen and oxygen atoms in total. The van der Waals surface area contributed by atoms with Crippen LogP contribution in [0.25, 0.3) is 72.0 Å². The van der Waals surface area contributed by atoms with Gasteiger partial charge >= 0.3 is 0 Å². The highest BCUT2D eigenvalue weighted by Crippen LogP contribution is 2.61. The van der Waals surface area contributed by atoms with Crippen LogP contribution in [0.3, 0.4) is 0 Å². The van der Waals surface area contributed by atoms with E-state index in [0.29, 0.717) is 0 Å². The highest BCUT2D eigenvalue weighted by Gasteiger charge is 2.51. The fraction of sp³-hybridized carbons (Fsp3) is 0.0164. The van der Waals surface area contributed by atoms with Crippen LogP contribution in [-0.4, -0.2) is 4.57 Å². The van der Waals surface area contributed by atoms with Gasteiger partial charge in [-0.2, -0.15) is 0 Å². The molecule has 0 fully saturated rings. The Morgan fingerprint density at radius 3 is 1.62 bits per heavy atom. The van der Waals surface area contributed by atoms with Crippen molar-refractivity contribution in [1.82, 2.24) is 4.57 Å². The van der Waals surface area contributed by atoms with Crippen molar-refractivity contribution in [3.05, 3.63) is 265 Å². The fourth-order valence-corrected chi connectivity index (χ4v) is 11.1. The summed E-state index contributed by atoms with van der Waals surface area (Å²) in [6, 6.07) is 89.7. The maximum absolute atomic E-state index is 2.54. The topological polar surface area (TPSA) is 8.17 Å². The predicted octanol–water partition coefficient (Wildman–Crippen LogP) is 15.9. The average molecular weight is 801 g/mol. The number of anilines is 3. The average Bonchev–Trinajstić information content (AvgIpc) is 3.86. The van der Waals surface area contributed by atoms with Crippen LogP contribution >= 0.6 is 0 Å². The summed E-state index contributed by atoms with van der Waals surface area (Å²) >= 11 is 0. The molecule has 11 aromatic rings. The smallest absolute Gasteiger partial charge is 0.0755 e. The van der Waals surface area contributed by atoms with Gasteiger partial charge in [0.25, 0.3) is 0 Å². The zero-order valence-corrected chi connectivity index (χ0v) is 34.5. The lowest BCUT2D eigenvalue weighted by atomic mass is 9.65. The summed E-state index contributed by atoms with van der Waals surface area (Å²) < 4.78 is 2.54. The summed E-state index contributed by atoms with van der Waals surface area (Å²) in [5.41, 5.74) is 21.3. The minimum atomic E-state index is -0.570. The molecule has 0 saturated carbocycles. The molecule has 2 heterocycles. The van der Waals surface area contributed by atoms with Crippen molar-refractivity contribution in [2.24, 2.45) is 0 Å². The second-order valence-electron chi connectivity index (χ2n) is 16.8. The molecule has 0 amide bonds. The number of fused-ring (bicyclic) bond motifs is 12. The first-order valence-electron chi connectivity index (χ1n) is 21.9. The standard InChI is InChI=1S/C61H40N2/c1-3-19-41(20-4-1)43-23-17-24-44(39-43)62(57-35-15-11-29-50(57)47-26-8-7-25-46(47)42-21-5-2-6-22-42)45-37-38-59-56(40-45)61(53-32-13-9-27-48(53)49-28-10-14-33-54(49)61)55-34-18-31-52-51-30-12-16-36-58(51)63(59)60(52)55/h1-40H. The van der Waals surface area contributed by atoms with Gasteiger partial charge in [0.2, 0.25) is 0 Å². The van der Waals surface area contributed by atoms with Crippen molar-refractivity contribution >= 4 is 38.9 Å². The quantitative estimate of drug-likeness (QED) is 0.163. The van der Waals surface area contributed by atoms with E-state index in [1.165, 1.54) is 88.7 Å². The summed E-state index contributed by atoms with van der Waals surface area (Å²) in [6.07, 6.45) is 0. The van der Waals surface area contributed by atoms with Crippen molar-refractivity contribution in [2.45, 2.75) is 5.41 Å². The van der Waals surface area contributed by atoms with E-state index in [0.717, 1.165) is 22.6 Å². The third-order valence-corrected chi connectivity index (χ3v) is 13.6. The van der Waals surface area contributed by atoms with Gasteiger partial charge in [-0.25, -0.2) is 0 Å². The normalized spacial score (nSPS) is 12.9. The van der Waals surface area contributed by atoms with Gasteiger partial charge in [0.05, 0.1) is 27.8 Å². The van der Waals surface area contributed by atoms with Gasteiger partial charge in [0.1, 0.15) is 0 Å². The predicted molar refractivity (Wildman–Crippen MR) is 263 cm³/mol. The maximum atomic E-state index is 2.54. The molecule has 0 N–H and O–H groups in total. The molecule has 294 valence electrons. The third-order valence-electron chi connectivity index (χ3n) is 13.6. The molecule has 2 heteroatoms. The molecule has 0 saturated heterocycles. The van der Waals surface area contributed by atoms with E-state index in [1.54, 1.807) is 0 Å². The van der Waals surface area contributed by atoms with E-state index < -0.39 is 5.41 Å². The molecule has 0 unspecified atom stereocenters. The molecule has 1 aliphatic carbocycles. The van der Waals surface area contributed by atoms with Crippen LogP contribution in [0.15, 0.2) is 243 Å². The summed E-state index contributed by atoms with van der Waals surface area (Å²) in [5.74, 6) is 0. The van der Waals surface area contributed by atoms with Gasteiger partial charge in [-0.05, 0) is 104 Å². The Kier molecular flexibility index (Phi) is 7.85. The second kappa shape index (κ2) is 13.9. The van der Waals surface area contributed by atoms with Crippen LogP contribution in [0.5, 0.6) is 0 Å². The minimum absolute atomic E-state index is 0.570. The van der Waals surface area contributed by atoms with Gasteiger partial charge in [-0.3, -0.25) is 0 Å². The molecule has 2 aliphatic rings.